The fraction of sp³-hybridized carbons (Fsp3) is 0.667. The zero-order chi connectivity index (χ0) is 16.4. The van der Waals surface area contributed by atoms with E-state index in [1.54, 1.807) is 9.58 Å². The van der Waals surface area contributed by atoms with Crippen molar-refractivity contribution in [3.05, 3.63) is 17.5 Å². The summed E-state index contributed by atoms with van der Waals surface area (Å²) in [5.41, 5.74) is 7.31. The van der Waals surface area contributed by atoms with Crippen LogP contribution >= 0.6 is 0 Å². The molecule has 1 saturated heterocycles. The van der Waals surface area contributed by atoms with Gasteiger partial charge in [0.1, 0.15) is 12.6 Å². The van der Waals surface area contributed by atoms with Crippen molar-refractivity contribution in [1.82, 2.24) is 19.6 Å². The smallest absolute Gasteiger partial charge is 0.245 e. The van der Waals surface area contributed by atoms with Gasteiger partial charge in [0.25, 0.3) is 0 Å². The van der Waals surface area contributed by atoms with Crippen LogP contribution in [-0.4, -0.2) is 63.1 Å². The molecule has 2 heterocycles. The zero-order valence-electron chi connectivity index (χ0n) is 13.7. The van der Waals surface area contributed by atoms with Gasteiger partial charge < -0.3 is 10.6 Å². The van der Waals surface area contributed by atoms with Crippen LogP contribution in [0.5, 0.6) is 0 Å². The maximum absolute atomic E-state index is 12.6. The number of rotatable bonds is 4. The van der Waals surface area contributed by atoms with Crippen LogP contribution in [0.25, 0.3) is 0 Å². The third-order valence-corrected chi connectivity index (χ3v) is 4.18. The van der Waals surface area contributed by atoms with Crippen LogP contribution < -0.4 is 5.73 Å². The van der Waals surface area contributed by atoms with Gasteiger partial charge in [0.2, 0.25) is 11.8 Å². The molecule has 0 radical (unpaired) electrons. The van der Waals surface area contributed by atoms with Gasteiger partial charge in [-0.2, -0.15) is 5.10 Å². The quantitative estimate of drug-likeness (QED) is 0.842. The number of hydrogen-bond donors (Lipinski definition) is 1. The number of piperazine rings is 1. The summed E-state index contributed by atoms with van der Waals surface area (Å²) in [6.45, 7) is 9.86. The topological polar surface area (TPSA) is 84.5 Å². The Bertz CT molecular complexity index is 566. The van der Waals surface area contributed by atoms with E-state index in [1.165, 1.54) is 0 Å². The summed E-state index contributed by atoms with van der Waals surface area (Å²) in [4.78, 5) is 28.1. The van der Waals surface area contributed by atoms with Crippen molar-refractivity contribution >= 4 is 11.8 Å². The molecule has 7 nitrogen and oxygen atoms in total. The molecule has 1 aliphatic rings. The van der Waals surface area contributed by atoms with E-state index in [-0.39, 0.29) is 12.5 Å². The SMILES string of the molecule is Cc1cc(C)n(CC(=O)N2CCN(C(C)C)CC2C(N)=O)n1. The van der Waals surface area contributed by atoms with Crippen molar-refractivity contribution in [1.29, 1.82) is 0 Å². The molecule has 2 amide bonds. The van der Waals surface area contributed by atoms with Crippen LogP contribution in [0, 0.1) is 13.8 Å². The molecule has 1 unspecified atom stereocenters. The first kappa shape index (κ1) is 16.5. The molecular weight excluding hydrogens is 282 g/mol. The number of amides is 2. The number of aryl methyl sites for hydroxylation is 2. The maximum Gasteiger partial charge on any atom is 0.245 e. The van der Waals surface area contributed by atoms with Gasteiger partial charge in [-0.3, -0.25) is 19.2 Å². The number of nitrogens with two attached hydrogens (primary N) is 1. The minimum atomic E-state index is -0.569. The second kappa shape index (κ2) is 6.48. The first-order valence-corrected chi connectivity index (χ1v) is 7.63. The molecule has 0 spiro atoms. The highest BCUT2D eigenvalue weighted by atomic mass is 16.2. The van der Waals surface area contributed by atoms with E-state index in [1.807, 2.05) is 19.9 Å². The van der Waals surface area contributed by atoms with E-state index >= 15 is 0 Å². The summed E-state index contributed by atoms with van der Waals surface area (Å²) >= 11 is 0. The van der Waals surface area contributed by atoms with Crippen molar-refractivity contribution in [2.24, 2.45) is 5.73 Å². The van der Waals surface area contributed by atoms with Crippen LogP contribution in [0.15, 0.2) is 6.07 Å². The molecule has 0 bridgehead atoms. The Labute approximate surface area is 131 Å². The van der Waals surface area contributed by atoms with Gasteiger partial charge in [-0.25, -0.2) is 0 Å². The van der Waals surface area contributed by atoms with Crippen LogP contribution in [0.2, 0.25) is 0 Å². The van der Waals surface area contributed by atoms with Gasteiger partial charge >= 0.3 is 0 Å². The van der Waals surface area contributed by atoms with Crippen LogP contribution in [-0.2, 0) is 16.1 Å². The fourth-order valence-corrected chi connectivity index (χ4v) is 2.87. The lowest BCUT2D eigenvalue weighted by Gasteiger charge is -2.41. The molecule has 1 aromatic rings. The summed E-state index contributed by atoms with van der Waals surface area (Å²) in [5.74, 6) is -0.564. The Morgan fingerprint density at radius 1 is 1.36 bits per heavy atom. The zero-order valence-corrected chi connectivity index (χ0v) is 13.7. The van der Waals surface area contributed by atoms with Crippen molar-refractivity contribution in [3.63, 3.8) is 0 Å². The number of aromatic nitrogens is 2. The summed E-state index contributed by atoms with van der Waals surface area (Å²) < 4.78 is 1.67. The highest BCUT2D eigenvalue weighted by Crippen LogP contribution is 2.14. The van der Waals surface area contributed by atoms with E-state index in [4.69, 9.17) is 5.73 Å². The molecule has 2 rings (SSSR count). The summed E-state index contributed by atoms with van der Waals surface area (Å²) in [5, 5.41) is 4.30. The van der Waals surface area contributed by atoms with E-state index in [0.29, 0.717) is 19.1 Å². The Balaban J connectivity index is 2.10. The Kier molecular flexibility index (Phi) is 4.85. The lowest BCUT2D eigenvalue weighted by atomic mass is 10.1. The maximum atomic E-state index is 12.6. The molecule has 1 fully saturated rings. The normalized spacial score (nSPS) is 19.7. The first-order valence-electron chi connectivity index (χ1n) is 7.63. The average molecular weight is 307 g/mol. The molecular formula is C15H25N5O2. The minimum Gasteiger partial charge on any atom is -0.368 e. The average Bonchev–Trinajstić information content (AvgIpc) is 2.75. The molecule has 0 saturated carbocycles. The fourth-order valence-electron chi connectivity index (χ4n) is 2.87. The molecule has 122 valence electrons. The van der Waals surface area contributed by atoms with Crippen LogP contribution in [0.1, 0.15) is 25.2 Å². The lowest BCUT2D eigenvalue weighted by Crippen LogP contribution is -2.61. The van der Waals surface area contributed by atoms with Gasteiger partial charge in [0.05, 0.1) is 5.69 Å². The van der Waals surface area contributed by atoms with Crippen molar-refractivity contribution in [2.45, 2.75) is 46.3 Å². The van der Waals surface area contributed by atoms with Crippen molar-refractivity contribution < 1.29 is 9.59 Å². The van der Waals surface area contributed by atoms with Gasteiger partial charge in [0, 0.05) is 31.4 Å². The standard InChI is InChI=1S/C15H25N5O2/c1-10(2)18-5-6-19(13(8-18)15(16)22)14(21)9-20-12(4)7-11(3)17-20/h7,10,13H,5-6,8-9H2,1-4H3,(H2,16,22). The molecule has 7 heteroatoms. The van der Waals surface area contributed by atoms with Gasteiger partial charge in [0.15, 0.2) is 0 Å². The Morgan fingerprint density at radius 3 is 2.55 bits per heavy atom. The van der Waals surface area contributed by atoms with Crippen LogP contribution in [0.4, 0.5) is 0 Å². The third-order valence-electron chi connectivity index (χ3n) is 4.18. The second-order valence-corrected chi connectivity index (χ2v) is 6.18. The number of hydrogen-bond acceptors (Lipinski definition) is 4. The molecule has 22 heavy (non-hydrogen) atoms. The van der Waals surface area contributed by atoms with Crippen molar-refractivity contribution in [3.8, 4) is 0 Å². The molecule has 1 aromatic heterocycles. The summed E-state index contributed by atoms with van der Waals surface area (Å²) in [7, 11) is 0. The van der Waals surface area contributed by atoms with Gasteiger partial charge in [-0.05, 0) is 33.8 Å². The third kappa shape index (κ3) is 3.47. The predicted molar refractivity (Wildman–Crippen MR) is 83.1 cm³/mol. The number of primary amides is 1. The molecule has 1 atom stereocenters. The van der Waals surface area contributed by atoms with Crippen molar-refractivity contribution in [2.75, 3.05) is 19.6 Å². The second-order valence-electron chi connectivity index (χ2n) is 6.18. The highest BCUT2D eigenvalue weighted by Gasteiger charge is 2.34. The summed E-state index contributed by atoms with van der Waals surface area (Å²) in [6.07, 6.45) is 0. The summed E-state index contributed by atoms with van der Waals surface area (Å²) in [6, 6.07) is 1.69. The molecule has 2 N–H and O–H groups in total. The number of carbonyl (C=O) groups excluding carboxylic acids is 2. The van der Waals surface area contributed by atoms with E-state index < -0.39 is 11.9 Å². The molecule has 1 aliphatic heterocycles. The van der Waals surface area contributed by atoms with Gasteiger partial charge in [-0.1, -0.05) is 0 Å². The minimum absolute atomic E-state index is 0.113. The molecule has 0 aromatic carbocycles. The monoisotopic (exact) mass is 307 g/mol. The van der Waals surface area contributed by atoms with E-state index in [9.17, 15) is 9.59 Å². The first-order chi connectivity index (χ1) is 10.3. The van der Waals surface area contributed by atoms with Crippen LogP contribution in [0.3, 0.4) is 0 Å². The Morgan fingerprint density at radius 2 is 2.05 bits per heavy atom. The largest absolute Gasteiger partial charge is 0.368 e. The lowest BCUT2D eigenvalue weighted by molar-refractivity contribution is -0.143. The van der Waals surface area contributed by atoms with E-state index in [2.05, 4.69) is 23.8 Å². The predicted octanol–water partition coefficient (Wildman–Crippen LogP) is -0.0936. The molecule has 0 aliphatic carbocycles. The Hall–Kier alpha value is -1.89. The highest BCUT2D eigenvalue weighted by molar-refractivity contribution is 5.87. The van der Waals surface area contributed by atoms with E-state index in [0.717, 1.165) is 17.9 Å². The van der Waals surface area contributed by atoms with Gasteiger partial charge in [-0.15, -0.1) is 0 Å². The number of nitrogens with zero attached hydrogens (tertiary/aromatic N) is 4. The number of carbonyl (C=O) groups is 2.